The normalized spacial score (nSPS) is 11.7. The number of para-hydroxylation sites is 1. The van der Waals surface area contributed by atoms with E-state index in [0.717, 1.165) is 44.2 Å². The average Bonchev–Trinajstić information content (AvgIpc) is 3.50. The standard InChI is InChI=1S/C34H22N4/c1-3-7-23(8-4-1)24-11-13-31-27(19-24)29-21-35-18-16-34(29)38(31)26-12-14-32-28(20-26)30-22-36-17-15-33(30)37(32)25-9-5-2-6-10-25/h1-22H. The molecular weight excluding hydrogens is 464 g/mol. The largest absolute Gasteiger partial charge is 0.309 e. The summed E-state index contributed by atoms with van der Waals surface area (Å²) in [4.78, 5) is 8.95. The molecule has 0 aliphatic heterocycles. The van der Waals surface area contributed by atoms with Gasteiger partial charge >= 0.3 is 0 Å². The molecule has 0 N–H and O–H groups in total. The lowest BCUT2D eigenvalue weighted by Gasteiger charge is -2.10. The van der Waals surface area contributed by atoms with Gasteiger partial charge in [0.05, 0.1) is 22.1 Å². The zero-order chi connectivity index (χ0) is 25.1. The van der Waals surface area contributed by atoms with Crippen LogP contribution < -0.4 is 0 Å². The molecule has 0 bridgehead atoms. The van der Waals surface area contributed by atoms with Crippen molar-refractivity contribution in [2.75, 3.05) is 0 Å². The molecule has 4 aromatic carbocycles. The zero-order valence-corrected chi connectivity index (χ0v) is 20.5. The number of hydrogen-bond acceptors (Lipinski definition) is 2. The lowest BCUT2D eigenvalue weighted by Crippen LogP contribution is -1.95. The van der Waals surface area contributed by atoms with E-state index in [1.54, 1.807) is 0 Å². The van der Waals surface area contributed by atoms with E-state index in [4.69, 9.17) is 0 Å². The van der Waals surface area contributed by atoms with Gasteiger partial charge in [-0.3, -0.25) is 9.97 Å². The Labute approximate surface area is 219 Å². The molecule has 0 spiro atoms. The first-order chi connectivity index (χ1) is 18.9. The third kappa shape index (κ3) is 3.04. The van der Waals surface area contributed by atoms with Crippen LogP contribution >= 0.6 is 0 Å². The summed E-state index contributed by atoms with van der Waals surface area (Å²) in [7, 11) is 0. The Morgan fingerprint density at radius 3 is 1.63 bits per heavy atom. The highest BCUT2D eigenvalue weighted by Crippen LogP contribution is 2.37. The van der Waals surface area contributed by atoms with Gasteiger partial charge < -0.3 is 9.13 Å². The molecule has 0 fully saturated rings. The number of aromatic nitrogens is 4. The van der Waals surface area contributed by atoms with Crippen LogP contribution in [0.4, 0.5) is 0 Å². The van der Waals surface area contributed by atoms with E-state index in [9.17, 15) is 0 Å². The van der Waals surface area contributed by atoms with Crippen LogP contribution in [0.5, 0.6) is 0 Å². The monoisotopic (exact) mass is 486 g/mol. The summed E-state index contributed by atoms with van der Waals surface area (Å²) >= 11 is 0. The molecule has 0 radical (unpaired) electrons. The van der Waals surface area contributed by atoms with Gasteiger partial charge in [-0.05, 0) is 65.7 Å². The maximum atomic E-state index is 4.48. The van der Waals surface area contributed by atoms with E-state index < -0.39 is 0 Å². The van der Waals surface area contributed by atoms with Crippen LogP contribution in [0.25, 0.3) is 66.1 Å². The van der Waals surface area contributed by atoms with Crippen molar-refractivity contribution >= 4 is 43.6 Å². The SMILES string of the molecule is c1ccc(-c2ccc3c(c2)c2cnccc2n3-c2ccc3c(c2)c2cnccc2n3-c2ccccc2)cc1. The third-order valence-corrected chi connectivity index (χ3v) is 7.50. The Kier molecular flexibility index (Phi) is 4.49. The van der Waals surface area contributed by atoms with E-state index in [1.807, 2.05) is 24.8 Å². The minimum absolute atomic E-state index is 1.12. The molecule has 4 aromatic heterocycles. The van der Waals surface area contributed by atoms with Gasteiger partial charge in [0.1, 0.15) is 0 Å². The molecule has 8 aromatic rings. The molecule has 0 aliphatic carbocycles. The Morgan fingerprint density at radius 2 is 0.947 bits per heavy atom. The summed E-state index contributed by atoms with van der Waals surface area (Å²) in [5.74, 6) is 0. The van der Waals surface area contributed by atoms with E-state index in [-0.39, 0.29) is 0 Å². The van der Waals surface area contributed by atoms with Crippen LogP contribution in [0, 0.1) is 0 Å². The van der Waals surface area contributed by atoms with E-state index in [1.165, 1.54) is 21.9 Å². The highest BCUT2D eigenvalue weighted by Gasteiger charge is 2.17. The van der Waals surface area contributed by atoms with Gasteiger partial charge in [-0.25, -0.2) is 0 Å². The summed E-state index contributed by atoms with van der Waals surface area (Å²) in [5, 5.41) is 4.66. The van der Waals surface area contributed by atoms with Gasteiger partial charge in [-0.1, -0.05) is 54.6 Å². The van der Waals surface area contributed by atoms with E-state index in [0.29, 0.717) is 0 Å². The first-order valence-electron chi connectivity index (χ1n) is 12.7. The topological polar surface area (TPSA) is 35.6 Å². The molecule has 4 heteroatoms. The first-order valence-corrected chi connectivity index (χ1v) is 12.7. The number of pyridine rings is 2. The second-order valence-electron chi connectivity index (χ2n) is 9.59. The average molecular weight is 487 g/mol. The summed E-state index contributed by atoms with van der Waals surface area (Å²) in [6, 6.07) is 38.7. The predicted octanol–water partition coefficient (Wildman–Crippen LogP) is 8.34. The number of benzene rings is 4. The number of nitrogens with zero attached hydrogens (tertiary/aromatic N) is 4. The van der Waals surface area contributed by atoms with Crippen LogP contribution in [-0.2, 0) is 0 Å². The summed E-state index contributed by atoms with van der Waals surface area (Å²) < 4.78 is 4.67. The van der Waals surface area contributed by atoms with Crippen molar-refractivity contribution in [1.29, 1.82) is 0 Å². The summed E-state index contributed by atoms with van der Waals surface area (Å²) in [5.41, 5.74) is 9.29. The number of fused-ring (bicyclic) bond motifs is 6. The van der Waals surface area contributed by atoms with Gasteiger partial charge in [0.15, 0.2) is 0 Å². The summed E-state index contributed by atoms with van der Waals surface area (Å²) in [6.07, 6.45) is 7.70. The molecule has 38 heavy (non-hydrogen) atoms. The van der Waals surface area contributed by atoms with Gasteiger partial charge in [-0.2, -0.15) is 0 Å². The molecule has 0 aliphatic rings. The van der Waals surface area contributed by atoms with Crippen molar-refractivity contribution in [3.05, 3.63) is 134 Å². The lowest BCUT2D eigenvalue weighted by molar-refractivity contribution is 1.16. The summed E-state index contributed by atoms with van der Waals surface area (Å²) in [6.45, 7) is 0. The van der Waals surface area contributed by atoms with Crippen LogP contribution in [-0.4, -0.2) is 19.1 Å². The quantitative estimate of drug-likeness (QED) is 0.252. The van der Waals surface area contributed by atoms with Crippen molar-refractivity contribution < 1.29 is 0 Å². The Balaban J connectivity index is 1.41. The molecule has 0 saturated heterocycles. The molecular formula is C34H22N4. The van der Waals surface area contributed by atoms with Gasteiger partial charge in [-0.15, -0.1) is 0 Å². The van der Waals surface area contributed by atoms with Crippen molar-refractivity contribution in [2.45, 2.75) is 0 Å². The minimum Gasteiger partial charge on any atom is -0.309 e. The van der Waals surface area contributed by atoms with Crippen molar-refractivity contribution in [2.24, 2.45) is 0 Å². The molecule has 0 unspecified atom stereocenters. The van der Waals surface area contributed by atoms with Crippen LogP contribution in [0.1, 0.15) is 0 Å². The fourth-order valence-electron chi connectivity index (χ4n) is 5.80. The van der Waals surface area contributed by atoms with E-state index >= 15 is 0 Å². The second kappa shape index (κ2) is 8.15. The fraction of sp³-hybridized carbons (Fsp3) is 0. The van der Waals surface area contributed by atoms with Crippen molar-refractivity contribution in [3.63, 3.8) is 0 Å². The molecule has 0 atom stereocenters. The molecule has 0 saturated carbocycles. The number of hydrogen-bond donors (Lipinski definition) is 0. The maximum Gasteiger partial charge on any atom is 0.0571 e. The Morgan fingerprint density at radius 1 is 0.395 bits per heavy atom. The molecule has 178 valence electrons. The fourth-order valence-corrected chi connectivity index (χ4v) is 5.80. The highest BCUT2D eigenvalue weighted by atomic mass is 15.0. The lowest BCUT2D eigenvalue weighted by atomic mass is 10.0. The third-order valence-electron chi connectivity index (χ3n) is 7.50. The molecule has 8 rings (SSSR count). The van der Waals surface area contributed by atoms with Gasteiger partial charge in [0, 0.05) is 57.7 Å². The molecule has 4 nitrogen and oxygen atoms in total. The van der Waals surface area contributed by atoms with Crippen molar-refractivity contribution in [1.82, 2.24) is 19.1 Å². The van der Waals surface area contributed by atoms with Gasteiger partial charge in [0.25, 0.3) is 0 Å². The van der Waals surface area contributed by atoms with Crippen LogP contribution in [0.3, 0.4) is 0 Å². The van der Waals surface area contributed by atoms with Crippen LogP contribution in [0.15, 0.2) is 134 Å². The molecule has 4 heterocycles. The molecule has 0 amide bonds. The smallest absolute Gasteiger partial charge is 0.0571 e. The second-order valence-corrected chi connectivity index (χ2v) is 9.59. The van der Waals surface area contributed by atoms with Crippen LogP contribution in [0.2, 0.25) is 0 Å². The maximum absolute atomic E-state index is 4.48. The first kappa shape index (κ1) is 20.9. The number of rotatable bonds is 3. The Hall–Kier alpha value is -5.22. The zero-order valence-electron chi connectivity index (χ0n) is 20.5. The minimum atomic E-state index is 1.12. The van der Waals surface area contributed by atoms with E-state index in [2.05, 4.69) is 128 Å². The predicted molar refractivity (Wildman–Crippen MR) is 156 cm³/mol. The Bertz CT molecular complexity index is 2120. The van der Waals surface area contributed by atoms with Gasteiger partial charge in [0.2, 0.25) is 0 Å². The highest BCUT2D eigenvalue weighted by molar-refractivity contribution is 6.12. The van der Waals surface area contributed by atoms with Crippen molar-refractivity contribution in [3.8, 4) is 22.5 Å².